The van der Waals surface area contributed by atoms with Crippen molar-refractivity contribution in [1.29, 1.82) is 0 Å². The summed E-state index contributed by atoms with van der Waals surface area (Å²) in [6, 6.07) is 19.3. The number of carbonyl (C=O) groups is 1. The maximum absolute atomic E-state index is 13.1. The molecule has 0 spiro atoms. The Morgan fingerprint density at radius 1 is 0.852 bits per heavy atom. The van der Waals surface area contributed by atoms with Crippen LogP contribution in [0.3, 0.4) is 0 Å². The van der Waals surface area contributed by atoms with Gasteiger partial charge in [0, 0.05) is 24.7 Å². The van der Waals surface area contributed by atoms with Gasteiger partial charge in [0.2, 0.25) is 0 Å². The summed E-state index contributed by atoms with van der Waals surface area (Å²) in [6.45, 7) is 2.41. The zero-order valence-corrected chi connectivity index (χ0v) is 16.3. The van der Waals surface area contributed by atoms with Crippen LogP contribution in [0.4, 0.5) is 0 Å². The molecule has 1 saturated heterocycles. The van der Waals surface area contributed by atoms with Gasteiger partial charge in [-0.2, -0.15) is 0 Å². The van der Waals surface area contributed by atoms with Crippen LogP contribution in [0.2, 0.25) is 0 Å². The highest BCUT2D eigenvalue weighted by Gasteiger charge is 2.36. The van der Waals surface area contributed by atoms with Crippen LogP contribution in [-0.2, 0) is 0 Å². The quantitative estimate of drug-likeness (QED) is 0.777. The number of hydrogen-bond donors (Lipinski definition) is 0. The van der Waals surface area contributed by atoms with Crippen molar-refractivity contribution in [2.24, 2.45) is 0 Å². The van der Waals surface area contributed by atoms with E-state index in [1.165, 1.54) is 50.8 Å². The number of nitrogens with zero attached hydrogens (tertiary/aromatic N) is 2. The summed E-state index contributed by atoms with van der Waals surface area (Å²) in [6.07, 6.45) is 7.57. The smallest absolute Gasteiger partial charge is 0.253 e. The fourth-order valence-electron chi connectivity index (χ4n) is 4.84. The Hall–Kier alpha value is -2.13. The van der Waals surface area contributed by atoms with E-state index in [1.807, 2.05) is 42.3 Å². The molecule has 0 radical (unpaired) electrons. The van der Waals surface area contributed by atoms with E-state index in [2.05, 4.69) is 29.2 Å². The number of likely N-dealkylation sites (N-methyl/N-ethyl adjacent to an activating group) is 1. The zero-order chi connectivity index (χ0) is 18.6. The van der Waals surface area contributed by atoms with E-state index in [-0.39, 0.29) is 5.91 Å². The molecule has 142 valence electrons. The standard InChI is InChI=1S/C24H30N2O/c1-25(22-11-8-12-23(22)26-17-6-3-7-18-26)24(27)21-15-13-20(14-16-21)19-9-4-2-5-10-19/h2,4-5,9-10,13-16,22-23H,3,6-8,11-12,17-18H2,1H3. The normalized spacial score (nSPS) is 23.3. The van der Waals surface area contributed by atoms with Gasteiger partial charge in [-0.1, -0.05) is 48.9 Å². The maximum Gasteiger partial charge on any atom is 0.253 e. The van der Waals surface area contributed by atoms with Crippen molar-refractivity contribution in [1.82, 2.24) is 9.80 Å². The largest absolute Gasteiger partial charge is 0.337 e. The van der Waals surface area contributed by atoms with E-state index < -0.39 is 0 Å². The Morgan fingerprint density at radius 2 is 1.52 bits per heavy atom. The Bertz CT molecular complexity index is 750. The molecule has 1 aliphatic carbocycles. The second-order valence-corrected chi connectivity index (χ2v) is 8.02. The molecule has 4 rings (SSSR count). The van der Waals surface area contributed by atoms with E-state index >= 15 is 0 Å². The number of benzene rings is 2. The van der Waals surface area contributed by atoms with Crippen molar-refractivity contribution >= 4 is 5.91 Å². The molecule has 2 aromatic rings. The van der Waals surface area contributed by atoms with Gasteiger partial charge in [0.05, 0.1) is 0 Å². The van der Waals surface area contributed by atoms with Gasteiger partial charge >= 0.3 is 0 Å². The van der Waals surface area contributed by atoms with Crippen LogP contribution in [0.15, 0.2) is 54.6 Å². The minimum absolute atomic E-state index is 0.156. The Morgan fingerprint density at radius 3 is 2.22 bits per heavy atom. The first-order valence-corrected chi connectivity index (χ1v) is 10.4. The topological polar surface area (TPSA) is 23.6 Å². The molecule has 0 bridgehead atoms. The van der Waals surface area contributed by atoms with Crippen LogP contribution < -0.4 is 0 Å². The van der Waals surface area contributed by atoms with Crippen molar-refractivity contribution in [2.75, 3.05) is 20.1 Å². The second kappa shape index (κ2) is 8.26. The van der Waals surface area contributed by atoms with Crippen molar-refractivity contribution < 1.29 is 4.79 Å². The molecular weight excluding hydrogens is 332 g/mol. The van der Waals surface area contributed by atoms with Crippen LogP contribution in [0.1, 0.15) is 48.9 Å². The summed E-state index contributed by atoms with van der Waals surface area (Å²) in [4.78, 5) is 17.8. The van der Waals surface area contributed by atoms with E-state index in [9.17, 15) is 4.79 Å². The van der Waals surface area contributed by atoms with E-state index in [0.29, 0.717) is 12.1 Å². The maximum atomic E-state index is 13.1. The number of rotatable bonds is 4. The first-order chi connectivity index (χ1) is 13.2. The van der Waals surface area contributed by atoms with Crippen LogP contribution in [-0.4, -0.2) is 47.9 Å². The summed E-state index contributed by atoms with van der Waals surface area (Å²) in [5, 5.41) is 0. The average molecular weight is 363 g/mol. The average Bonchev–Trinajstić information content (AvgIpc) is 3.24. The molecule has 0 aromatic heterocycles. The highest BCUT2D eigenvalue weighted by Crippen LogP contribution is 2.31. The van der Waals surface area contributed by atoms with Crippen LogP contribution in [0, 0.1) is 0 Å². The molecule has 1 amide bonds. The fourth-order valence-corrected chi connectivity index (χ4v) is 4.84. The lowest BCUT2D eigenvalue weighted by molar-refractivity contribution is 0.0588. The summed E-state index contributed by atoms with van der Waals surface area (Å²) < 4.78 is 0. The number of piperidine rings is 1. The van der Waals surface area contributed by atoms with Crippen LogP contribution >= 0.6 is 0 Å². The number of hydrogen-bond acceptors (Lipinski definition) is 2. The minimum atomic E-state index is 0.156. The van der Waals surface area contributed by atoms with Crippen LogP contribution in [0.5, 0.6) is 0 Å². The van der Waals surface area contributed by atoms with Gasteiger partial charge in [0.15, 0.2) is 0 Å². The highest BCUT2D eigenvalue weighted by atomic mass is 16.2. The molecule has 2 unspecified atom stereocenters. The third-order valence-corrected chi connectivity index (χ3v) is 6.36. The van der Waals surface area contributed by atoms with Gasteiger partial charge in [-0.15, -0.1) is 0 Å². The van der Waals surface area contributed by atoms with Crippen molar-refractivity contribution in [3.8, 4) is 11.1 Å². The Balaban J connectivity index is 1.46. The van der Waals surface area contributed by atoms with Gasteiger partial charge in [-0.05, 0) is 68.5 Å². The van der Waals surface area contributed by atoms with E-state index in [0.717, 1.165) is 17.5 Å². The first kappa shape index (κ1) is 18.2. The van der Waals surface area contributed by atoms with Crippen molar-refractivity contribution in [3.05, 3.63) is 60.2 Å². The van der Waals surface area contributed by atoms with Gasteiger partial charge in [-0.25, -0.2) is 0 Å². The van der Waals surface area contributed by atoms with Gasteiger partial charge in [-0.3, -0.25) is 9.69 Å². The molecule has 1 heterocycles. The van der Waals surface area contributed by atoms with Crippen molar-refractivity contribution in [3.63, 3.8) is 0 Å². The Labute approximate surface area is 163 Å². The number of carbonyl (C=O) groups excluding carboxylic acids is 1. The van der Waals surface area contributed by atoms with Crippen LogP contribution in [0.25, 0.3) is 11.1 Å². The molecular formula is C24H30N2O. The Kier molecular flexibility index (Phi) is 5.58. The van der Waals surface area contributed by atoms with Gasteiger partial charge in [0.1, 0.15) is 0 Å². The lowest BCUT2D eigenvalue weighted by Gasteiger charge is -2.39. The second-order valence-electron chi connectivity index (χ2n) is 8.02. The predicted molar refractivity (Wildman–Crippen MR) is 111 cm³/mol. The van der Waals surface area contributed by atoms with E-state index in [4.69, 9.17) is 0 Å². The third-order valence-electron chi connectivity index (χ3n) is 6.36. The molecule has 1 saturated carbocycles. The molecule has 0 N–H and O–H groups in total. The summed E-state index contributed by atoms with van der Waals surface area (Å²) in [5.74, 6) is 0.156. The molecule has 1 aliphatic heterocycles. The molecule has 2 fully saturated rings. The predicted octanol–water partition coefficient (Wildman–Crippen LogP) is 4.83. The zero-order valence-electron chi connectivity index (χ0n) is 16.3. The molecule has 2 aromatic carbocycles. The molecule has 3 heteroatoms. The summed E-state index contributed by atoms with van der Waals surface area (Å²) >= 11 is 0. The van der Waals surface area contributed by atoms with Crippen molar-refractivity contribution in [2.45, 2.75) is 50.6 Å². The lowest BCUT2D eigenvalue weighted by atomic mass is 10.0. The third kappa shape index (κ3) is 3.93. The first-order valence-electron chi connectivity index (χ1n) is 10.4. The number of likely N-dealkylation sites (tertiary alicyclic amines) is 1. The van der Waals surface area contributed by atoms with Gasteiger partial charge in [0.25, 0.3) is 5.91 Å². The summed E-state index contributed by atoms with van der Waals surface area (Å²) in [5.41, 5.74) is 3.13. The molecule has 3 nitrogen and oxygen atoms in total. The van der Waals surface area contributed by atoms with E-state index in [1.54, 1.807) is 0 Å². The highest BCUT2D eigenvalue weighted by molar-refractivity contribution is 5.94. The summed E-state index contributed by atoms with van der Waals surface area (Å²) in [7, 11) is 2.00. The molecule has 2 atom stereocenters. The lowest BCUT2D eigenvalue weighted by Crippen LogP contribution is -2.50. The monoisotopic (exact) mass is 362 g/mol. The SMILES string of the molecule is CN(C(=O)c1ccc(-c2ccccc2)cc1)C1CCCC1N1CCCCC1. The van der Waals surface area contributed by atoms with Gasteiger partial charge < -0.3 is 4.90 Å². The minimum Gasteiger partial charge on any atom is -0.337 e. The fraction of sp³-hybridized carbons (Fsp3) is 0.458. The number of amides is 1. The molecule has 2 aliphatic rings. The molecule has 27 heavy (non-hydrogen) atoms.